The van der Waals surface area contributed by atoms with Gasteiger partial charge in [-0.15, -0.1) is 0 Å². The van der Waals surface area contributed by atoms with Crippen molar-refractivity contribution in [1.29, 1.82) is 0 Å². The molecule has 1 rings (SSSR count). The van der Waals surface area contributed by atoms with Crippen LogP contribution in [0, 0.1) is 0 Å². The van der Waals surface area contributed by atoms with Crippen LogP contribution in [0.3, 0.4) is 0 Å². The first-order valence-corrected chi connectivity index (χ1v) is 7.75. The molecular formula is C15H30N2O2. The molecule has 112 valence electrons. The Labute approximate surface area is 117 Å². The van der Waals surface area contributed by atoms with Crippen LogP contribution < -0.4 is 10.6 Å². The van der Waals surface area contributed by atoms with Gasteiger partial charge in [-0.25, -0.2) is 0 Å². The Morgan fingerprint density at radius 3 is 2.53 bits per heavy atom. The van der Waals surface area contributed by atoms with E-state index in [4.69, 9.17) is 4.74 Å². The van der Waals surface area contributed by atoms with Crippen molar-refractivity contribution in [2.24, 2.45) is 0 Å². The van der Waals surface area contributed by atoms with E-state index in [1.165, 1.54) is 12.8 Å². The van der Waals surface area contributed by atoms with Crippen LogP contribution in [0.4, 0.5) is 0 Å². The van der Waals surface area contributed by atoms with Crippen molar-refractivity contribution in [3.8, 4) is 0 Å². The fraction of sp³-hybridized carbons (Fsp3) is 0.933. The molecule has 0 saturated heterocycles. The van der Waals surface area contributed by atoms with Crippen molar-refractivity contribution in [2.45, 2.75) is 77.5 Å². The van der Waals surface area contributed by atoms with Crippen molar-refractivity contribution in [3.05, 3.63) is 0 Å². The summed E-state index contributed by atoms with van der Waals surface area (Å²) in [5.41, 5.74) is 0. The Kier molecular flexibility index (Phi) is 8.07. The van der Waals surface area contributed by atoms with Crippen LogP contribution in [0.25, 0.3) is 0 Å². The van der Waals surface area contributed by atoms with Crippen LogP contribution in [0.5, 0.6) is 0 Å². The summed E-state index contributed by atoms with van der Waals surface area (Å²) >= 11 is 0. The van der Waals surface area contributed by atoms with E-state index in [9.17, 15) is 4.79 Å². The minimum Gasteiger partial charge on any atom is -0.379 e. The number of ether oxygens (including phenoxy) is 1. The third kappa shape index (κ3) is 7.53. The molecule has 0 heterocycles. The summed E-state index contributed by atoms with van der Waals surface area (Å²) in [4.78, 5) is 11.9. The first kappa shape index (κ1) is 16.4. The van der Waals surface area contributed by atoms with E-state index >= 15 is 0 Å². The van der Waals surface area contributed by atoms with Crippen LogP contribution >= 0.6 is 0 Å². The quantitative estimate of drug-likeness (QED) is 0.632. The molecule has 1 amide bonds. The zero-order valence-corrected chi connectivity index (χ0v) is 12.7. The number of rotatable bonds is 9. The van der Waals surface area contributed by atoms with Crippen LogP contribution in [-0.4, -0.2) is 37.2 Å². The molecule has 1 unspecified atom stereocenters. The number of hydrogen-bond donors (Lipinski definition) is 2. The zero-order valence-electron chi connectivity index (χ0n) is 12.7. The van der Waals surface area contributed by atoms with Gasteiger partial charge in [-0.2, -0.15) is 0 Å². The first-order valence-electron chi connectivity index (χ1n) is 7.75. The van der Waals surface area contributed by atoms with Gasteiger partial charge in [0.25, 0.3) is 0 Å². The molecule has 0 bridgehead atoms. The Balaban J connectivity index is 1.99. The minimum atomic E-state index is -0.0911. The highest BCUT2D eigenvalue weighted by molar-refractivity contribution is 5.81. The largest absolute Gasteiger partial charge is 0.379 e. The Bertz CT molecular complexity index is 251. The summed E-state index contributed by atoms with van der Waals surface area (Å²) in [6.45, 7) is 7.72. The Hall–Kier alpha value is -0.610. The lowest BCUT2D eigenvalue weighted by atomic mass is 10.2. The van der Waals surface area contributed by atoms with Crippen LogP contribution in [0.1, 0.15) is 59.3 Å². The van der Waals surface area contributed by atoms with Gasteiger partial charge < -0.3 is 15.4 Å². The zero-order chi connectivity index (χ0) is 14.1. The summed E-state index contributed by atoms with van der Waals surface area (Å²) < 4.78 is 5.48. The lowest BCUT2D eigenvalue weighted by Crippen LogP contribution is -2.45. The molecule has 1 atom stereocenters. The fourth-order valence-electron chi connectivity index (χ4n) is 2.35. The van der Waals surface area contributed by atoms with Gasteiger partial charge in [-0.3, -0.25) is 4.79 Å². The number of hydrogen-bond acceptors (Lipinski definition) is 3. The molecule has 0 aromatic carbocycles. The number of carbonyl (C=O) groups excluding carboxylic acids is 1. The standard InChI is InChI=1S/C15H30N2O2/c1-12(2)19-11-7-6-10-16-13(3)15(18)17-14-8-4-5-9-14/h12-14,16H,4-11H2,1-3H3,(H,17,18). The monoisotopic (exact) mass is 270 g/mol. The maximum Gasteiger partial charge on any atom is 0.237 e. The SMILES string of the molecule is CC(C)OCCCCNC(C)C(=O)NC1CCCC1. The fourth-order valence-corrected chi connectivity index (χ4v) is 2.35. The third-order valence-corrected chi connectivity index (χ3v) is 3.57. The summed E-state index contributed by atoms with van der Waals surface area (Å²) in [7, 11) is 0. The van der Waals surface area contributed by atoms with Gasteiger partial charge in [-0.1, -0.05) is 12.8 Å². The maximum absolute atomic E-state index is 11.9. The molecule has 4 heteroatoms. The van der Waals surface area contributed by atoms with Crippen LogP contribution in [0.15, 0.2) is 0 Å². The molecular weight excluding hydrogens is 240 g/mol. The highest BCUT2D eigenvalue weighted by atomic mass is 16.5. The molecule has 1 saturated carbocycles. The summed E-state index contributed by atoms with van der Waals surface area (Å²) in [6, 6.07) is 0.322. The van der Waals surface area contributed by atoms with Crippen molar-refractivity contribution < 1.29 is 9.53 Å². The van der Waals surface area contributed by atoms with E-state index in [1.54, 1.807) is 0 Å². The highest BCUT2D eigenvalue weighted by Crippen LogP contribution is 2.17. The smallest absolute Gasteiger partial charge is 0.237 e. The second-order valence-corrected chi connectivity index (χ2v) is 5.79. The lowest BCUT2D eigenvalue weighted by molar-refractivity contribution is -0.123. The maximum atomic E-state index is 11.9. The summed E-state index contributed by atoms with van der Waals surface area (Å²) in [5.74, 6) is 0.144. The number of amides is 1. The molecule has 0 aliphatic heterocycles. The Morgan fingerprint density at radius 2 is 1.89 bits per heavy atom. The van der Waals surface area contributed by atoms with Crippen LogP contribution in [0.2, 0.25) is 0 Å². The molecule has 4 nitrogen and oxygen atoms in total. The predicted molar refractivity (Wildman–Crippen MR) is 78.2 cm³/mol. The van der Waals surface area contributed by atoms with Crippen molar-refractivity contribution in [1.82, 2.24) is 10.6 Å². The van der Waals surface area contributed by atoms with E-state index < -0.39 is 0 Å². The van der Waals surface area contributed by atoms with Crippen molar-refractivity contribution in [2.75, 3.05) is 13.2 Å². The topological polar surface area (TPSA) is 50.4 Å². The Morgan fingerprint density at radius 1 is 1.21 bits per heavy atom. The van der Waals surface area contributed by atoms with E-state index in [1.807, 2.05) is 20.8 Å². The normalized spacial score (nSPS) is 17.9. The van der Waals surface area contributed by atoms with Gasteiger partial charge in [-0.05, 0) is 53.0 Å². The molecule has 0 aromatic heterocycles. The molecule has 19 heavy (non-hydrogen) atoms. The van der Waals surface area contributed by atoms with Gasteiger partial charge in [0, 0.05) is 12.6 Å². The van der Waals surface area contributed by atoms with Crippen molar-refractivity contribution >= 4 is 5.91 Å². The van der Waals surface area contributed by atoms with E-state index in [0.717, 1.165) is 38.8 Å². The first-order chi connectivity index (χ1) is 9.09. The predicted octanol–water partition coefficient (Wildman–Crippen LogP) is 2.23. The third-order valence-electron chi connectivity index (χ3n) is 3.57. The molecule has 0 spiro atoms. The number of carbonyl (C=O) groups is 1. The van der Waals surface area contributed by atoms with Gasteiger partial charge >= 0.3 is 0 Å². The molecule has 0 radical (unpaired) electrons. The van der Waals surface area contributed by atoms with Gasteiger partial charge in [0.1, 0.15) is 0 Å². The minimum absolute atomic E-state index is 0.0911. The van der Waals surface area contributed by atoms with Gasteiger partial charge in [0.05, 0.1) is 12.1 Å². The second-order valence-electron chi connectivity index (χ2n) is 5.79. The van der Waals surface area contributed by atoms with Gasteiger partial charge in [0.2, 0.25) is 5.91 Å². The van der Waals surface area contributed by atoms with E-state index in [2.05, 4.69) is 10.6 Å². The summed E-state index contributed by atoms with van der Waals surface area (Å²) in [6.07, 6.45) is 7.20. The lowest BCUT2D eigenvalue weighted by Gasteiger charge is -2.17. The molecule has 0 aromatic rings. The molecule has 1 aliphatic rings. The molecule has 2 N–H and O–H groups in total. The van der Waals surface area contributed by atoms with E-state index in [0.29, 0.717) is 12.1 Å². The second kappa shape index (κ2) is 9.32. The molecule has 1 fully saturated rings. The van der Waals surface area contributed by atoms with Crippen molar-refractivity contribution in [3.63, 3.8) is 0 Å². The number of unbranched alkanes of at least 4 members (excludes halogenated alkanes) is 1. The van der Waals surface area contributed by atoms with Gasteiger partial charge in [0.15, 0.2) is 0 Å². The number of nitrogens with one attached hydrogen (secondary N) is 2. The average molecular weight is 270 g/mol. The van der Waals surface area contributed by atoms with E-state index in [-0.39, 0.29) is 11.9 Å². The highest BCUT2D eigenvalue weighted by Gasteiger charge is 2.19. The van der Waals surface area contributed by atoms with Crippen LogP contribution in [-0.2, 0) is 9.53 Å². The molecule has 1 aliphatic carbocycles. The summed E-state index contributed by atoms with van der Waals surface area (Å²) in [5, 5.41) is 6.40. The average Bonchev–Trinajstić information content (AvgIpc) is 2.85.